The maximum Gasteiger partial charge on any atom is 0.199 e. The van der Waals surface area contributed by atoms with Crippen molar-refractivity contribution in [2.24, 2.45) is 0 Å². The summed E-state index contributed by atoms with van der Waals surface area (Å²) in [4.78, 5) is 0. The van der Waals surface area contributed by atoms with Gasteiger partial charge in [-0.3, -0.25) is 0 Å². The SMILES string of the molecule is Cc1cc(OC2CCCCO2)c2ccccc2c1OCC#N. The monoisotopic (exact) mass is 297 g/mol. The summed E-state index contributed by atoms with van der Waals surface area (Å²) in [5.41, 5.74) is 0.958. The second kappa shape index (κ2) is 6.67. The van der Waals surface area contributed by atoms with E-state index in [1.54, 1.807) is 0 Å². The highest BCUT2D eigenvalue weighted by molar-refractivity contribution is 5.94. The van der Waals surface area contributed by atoms with E-state index in [4.69, 9.17) is 19.5 Å². The highest BCUT2D eigenvalue weighted by Gasteiger charge is 2.18. The summed E-state index contributed by atoms with van der Waals surface area (Å²) in [6.45, 7) is 2.76. The first kappa shape index (κ1) is 14.7. The number of ether oxygens (including phenoxy) is 3. The lowest BCUT2D eigenvalue weighted by molar-refractivity contribution is -0.105. The lowest BCUT2D eigenvalue weighted by atomic mass is 10.0. The fourth-order valence-electron chi connectivity index (χ4n) is 2.79. The van der Waals surface area contributed by atoms with Crippen molar-refractivity contribution in [2.75, 3.05) is 13.2 Å². The Morgan fingerprint density at radius 1 is 1.27 bits per heavy atom. The van der Waals surface area contributed by atoms with Crippen molar-refractivity contribution in [2.45, 2.75) is 32.5 Å². The smallest absolute Gasteiger partial charge is 0.199 e. The van der Waals surface area contributed by atoms with Gasteiger partial charge >= 0.3 is 0 Å². The molecule has 0 bridgehead atoms. The molecule has 114 valence electrons. The standard InChI is InChI=1S/C18H19NO3/c1-13-12-16(22-17-8-4-5-10-20-17)14-6-2-3-7-15(14)18(13)21-11-9-19/h2-3,6-7,12,17H,4-5,8,10-11H2,1H3. The van der Waals surface area contributed by atoms with Crippen molar-refractivity contribution in [3.63, 3.8) is 0 Å². The predicted octanol–water partition coefficient (Wildman–Crippen LogP) is 3.96. The van der Waals surface area contributed by atoms with Crippen molar-refractivity contribution in [1.82, 2.24) is 0 Å². The van der Waals surface area contributed by atoms with E-state index < -0.39 is 0 Å². The number of nitriles is 1. The quantitative estimate of drug-likeness (QED) is 0.857. The van der Waals surface area contributed by atoms with Crippen molar-refractivity contribution < 1.29 is 14.2 Å². The third-order valence-corrected chi connectivity index (χ3v) is 3.82. The maximum atomic E-state index is 8.75. The number of benzene rings is 2. The lowest BCUT2D eigenvalue weighted by Crippen LogP contribution is -2.25. The minimum atomic E-state index is -0.178. The van der Waals surface area contributed by atoms with E-state index in [-0.39, 0.29) is 12.9 Å². The summed E-state index contributed by atoms with van der Waals surface area (Å²) in [5, 5.41) is 10.7. The van der Waals surface area contributed by atoms with E-state index in [2.05, 4.69) is 0 Å². The molecule has 0 amide bonds. The molecule has 0 N–H and O–H groups in total. The van der Waals surface area contributed by atoms with Crippen LogP contribution in [0, 0.1) is 18.3 Å². The number of nitrogens with zero attached hydrogens (tertiary/aromatic N) is 1. The lowest BCUT2D eigenvalue weighted by Gasteiger charge is -2.25. The van der Waals surface area contributed by atoms with Gasteiger partial charge in [0.25, 0.3) is 0 Å². The predicted molar refractivity (Wildman–Crippen MR) is 84.0 cm³/mol. The minimum absolute atomic E-state index is 0.0385. The first-order valence-electron chi connectivity index (χ1n) is 7.60. The summed E-state index contributed by atoms with van der Waals surface area (Å²) in [7, 11) is 0. The zero-order valence-corrected chi connectivity index (χ0v) is 12.7. The van der Waals surface area contributed by atoms with Gasteiger partial charge in [0.2, 0.25) is 0 Å². The zero-order valence-electron chi connectivity index (χ0n) is 12.7. The summed E-state index contributed by atoms with van der Waals surface area (Å²) in [5.74, 6) is 1.55. The van der Waals surface area contributed by atoms with Crippen LogP contribution in [0.25, 0.3) is 10.8 Å². The average molecular weight is 297 g/mol. The molecule has 2 aromatic carbocycles. The molecule has 0 spiro atoms. The molecule has 3 rings (SSSR count). The van der Waals surface area contributed by atoms with Crippen LogP contribution in [0.4, 0.5) is 0 Å². The van der Waals surface area contributed by atoms with Crippen LogP contribution in [0.15, 0.2) is 30.3 Å². The fourth-order valence-corrected chi connectivity index (χ4v) is 2.79. The van der Waals surface area contributed by atoms with Gasteiger partial charge in [-0.05, 0) is 31.4 Å². The molecule has 1 heterocycles. The molecule has 1 aliphatic heterocycles. The third kappa shape index (κ3) is 3.00. The minimum Gasteiger partial charge on any atom is -0.478 e. The Kier molecular flexibility index (Phi) is 4.45. The van der Waals surface area contributed by atoms with Gasteiger partial charge in [0.05, 0.1) is 6.61 Å². The van der Waals surface area contributed by atoms with Crippen molar-refractivity contribution >= 4 is 10.8 Å². The molecular weight excluding hydrogens is 278 g/mol. The topological polar surface area (TPSA) is 51.5 Å². The molecule has 1 unspecified atom stereocenters. The van der Waals surface area contributed by atoms with Crippen LogP contribution in [-0.2, 0) is 4.74 Å². The van der Waals surface area contributed by atoms with Gasteiger partial charge in [0.1, 0.15) is 17.6 Å². The normalized spacial score (nSPS) is 17.9. The van der Waals surface area contributed by atoms with Gasteiger partial charge in [-0.25, -0.2) is 0 Å². The van der Waals surface area contributed by atoms with Crippen LogP contribution < -0.4 is 9.47 Å². The van der Waals surface area contributed by atoms with E-state index in [0.29, 0.717) is 0 Å². The van der Waals surface area contributed by atoms with Crippen LogP contribution >= 0.6 is 0 Å². The van der Waals surface area contributed by atoms with Crippen LogP contribution in [0.2, 0.25) is 0 Å². The van der Waals surface area contributed by atoms with Crippen LogP contribution in [0.3, 0.4) is 0 Å². The highest BCUT2D eigenvalue weighted by atomic mass is 16.7. The Bertz CT molecular complexity index is 699. The molecule has 4 heteroatoms. The second-order valence-electron chi connectivity index (χ2n) is 5.43. The molecule has 22 heavy (non-hydrogen) atoms. The van der Waals surface area contributed by atoms with Crippen molar-refractivity contribution in [3.05, 3.63) is 35.9 Å². The van der Waals surface area contributed by atoms with Gasteiger partial charge in [-0.1, -0.05) is 24.3 Å². The van der Waals surface area contributed by atoms with E-state index in [0.717, 1.165) is 53.7 Å². The molecule has 1 atom stereocenters. The van der Waals surface area contributed by atoms with Crippen molar-refractivity contribution in [1.29, 1.82) is 5.26 Å². The number of hydrogen-bond acceptors (Lipinski definition) is 4. The molecule has 4 nitrogen and oxygen atoms in total. The summed E-state index contributed by atoms with van der Waals surface area (Å²) in [6, 6.07) is 11.9. The average Bonchev–Trinajstić information content (AvgIpc) is 2.55. The molecule has 0 aliphatic carbocycles. The molecule has 0 radical (unpaired) electrons. The second-order valence-corrected chi connectivity index (χ2v) is 5.43. The maximum absolute atomic E-state index is 8.75. The third-order valence-electron chi connectivity index (χ3n) is 3.82. The van der Waals surface area contributed by atoms with Gasteiger partial charge in [-0.2, -0.15) is 5.26 Å². The van der Waals surface area contributed by atoms with E-state index in [9.17, 15) is 0 Å². The molecular formula is C18H19NO3. The zero-order chi connectivity index (χ0) is 15.4. The first-order valence-corrected chi connectivity index (χ1v) is 7.60. The van der Waals surface area contributed by atoms with Gasteiger partial charge in [0.15, 0.2) is 12.9 Å². The molecule has 1 fully saturated rings. The van der Waals surface area contributed by atoms with E-state index >= 15 is 0 Å². The molecule has 0 aromatic heterocycles. The van der Waals surface area contributed by atoms with Gasteiger partial charge in [-0.15, -0.1) is 0 Å². The van der Waals surface area contributed by atoms with Gasteiger partial charge in [0, 0.05) is 17.2 Å². The Hall–Kier alpha value is -2.25. The number of fused-ring (bicyclic) bond motifs is 1. The molecule has 2 aromatic rings. The van der Waals surface area contributed by atoms with Gasteiger partial charge < -0.3 is 14.2 Å². The highest BCUT2D eigenvalue weighted by Crippen LogP contribution is 2.37. The molecule has 1 aliphatic rings. The Morgan fingerprint density at radius 3 is 2.82 bits per heavy atom. The number of rotatable bonds is 4. The molecule has 0 saturated carbocycles. The summed E-state index contributed by atoms with van der Waals surface area (Å²) < 4.78 is 17.3. The number of aryl methyl sites for hydroxylation is 1. The largest absolute Gasteiger partial charge is 0.478 e. The Morgan fingerprint density at radius 2 is 2.09 bits per heavy atom. The van der Waals surface area contributed by atoms with E-state index in [1.807, 2.05) is 43.3 Å². The van der Waals surface area contributed by atoms with E-state index in [1.165, 1.54) is 0 Å². The number of hydrogen-bond donors (Lipinski definition) is 0. The Labute approximate surface area is 130 Å². The Balaban J connectivity index is 1.98. The van der Waals surface area contributed by atoms with Crippen LogP contribution in [0.5, 0.6) is 11.5 Å². The van der Waals surface area contributed by atoms with Crippen LogP contribution in [0.1, 0.15) is 24.8 Å². The fraction of sp³-hybridized carbons (Fsp3) is 0.389. The first-order chi connectivity index (χ1) is 10.8. The summed E-state index contributed by atoms with van der Waals surface area (Å²) >= 11 is 0. The van der Waals surface area contributed by atoms with Crippen molar-refractivity contribution in [3.8, 4) is 17.6 Å². The molecule has 1 saturated heterocycles. The van der Waals surface area contributed by atoms with Crippen LogP contribution in [-0.4, -0.2) is 19.5 Å². The summed E-state index contributed by atoms with van der Waals surface area (Å²) in [6.07, 6.45) is 2.97.